The molecule has 31 heavy (non-hydrogen) atoms. The normalized spacial score (nSPS) is 10.0. The molecule has 0 saturated carbocycles. The van der Waals surface area contributed by atoms with Gasteiger partial charge in [-0.25, -0.2) is 0 Å². The molecule has 3 aromatic heterocycles. The van der Waals surface area contributed by atoms with Crippen LogP contribution in [0.2, 0.25) is 0 Å². The molecule has 3 heterocycles. The first-order valence-corrected chi connectivity index (χ1v) is 9.88. The molecular formula is C27H22N3Os. The van der Waals surface area contributed by atoms with Crippen molar-refractivity contribution in [2.24, 2.45) is 0 Å². The van der Waals surface area contributed by atoms with Crippen molar-refractivity contribution in [1.29, 1.82) is 0 Å². The zero-order chi connectivity index (χ0) is 20.8. The minimum Gasteiger partial charge on any atom is -0.304 e. The number of aromatic nitrogens is 3. The van der Waals surface area contributed by atoms with E-state index in [1.165, 1.54) is 16.3 Å². The van der Waals surface area contributed by atoms with Crippen LogP contribution in [0.15, 0.2) is 97.5 Å². The van der Waals surface area contributed by atoms with Crippen LogP contribution >= 0.6 is 0 Å². The first kappa shape index (κ1) is 22.5. The first-order chi connectivity index (χ1) is 14.7. The molecule has 0 atom stereocenters. The smallest absolute Gasteiger partial charge is 0.304 e. The molecule has 0 bridgehead atoms. The third-order valence-corrected chi connectivity index (χ3v) is 4.67. The number of aryl methyl sites for hydroxylation is 2. The molecule has 1 radical (unpaired) electrons. The van der Waals surface area contributed by atoms with Crippen LogP contribution in [0.4, 0.5) is 0 Å². The molecule has 0 amide bonds. The van der Waals surface area contributed by atoms with Crippen LogP contribution in [0.1, 0.15) is 11.1 Å². The van der Waals surface area contributed by atoms with E-state index in [0.717, 1.165) is 28.2 Å². The van der Waals surface area contributed by atoms with Crippen molar-refractivity contribution in [3.05, 3.63) is 115 Å². The van der Waals surface area contributed by atoms with Crippen molar-refractivity contribution in [2.45, 2.75) is 13.8 Å². The second-order valence-corrected chi connectivity index (χ2v) is 7.07. The predicted octanol–water partition coefficient (Wildman–Crippen LogP) is 6.46. The summed E-state index contributed by atoms with van der Waals surface area (Å²) in [6.07, 6.45) is 5.40. The fourth-order valence-corrected chi connectivity index (χ4v) is 3.39. The Morgan fingerprint density at radius 2 is 1.29 bits per heavy atom. The van der Waals surface area contributed by atoms with E-state index in [4.69, 9.17) is 0 Å². The second-order valence-electron chi connectivity index (χ2n) is 7.07. The number of nitrogens with zero attached hydrogens (tertiary/aromatic N) is 3. The largest absolute Gasteiger partial charge is 1.00 e. The van der Waals surface area contributed by atoms with Crippen LogP contribution in [-0.2, 0) is 19.8 Å². The number of hydrogen-bond donors (Lipinski definition) is 0. The Kier molecular flexibility index (Phi) is 7.76. The minimum atomic E-state index is 0. The van der Waals surface area contributed by atoms with Gasteiger partial charge in [-0.05, 0) is 46.8 Å². The molecule has 0 unspecified atom stereocenters. The van der Waals surface area contributed by atoms with E-state index >= 15 is 0 Å². The summed E-state index contributed by atoms with van der Waals surface area (Å²) in [5.41, 5.74) is 6.32. The molecule has 153 valence electrons. The first-order valence-electron chi connectivity index (χ1n) is 9.88. The fourth-order valence-electron chi connectivity index (χ4n) is 3.39. The van der Waals surface area contributed by atoms with Crippen LogP contribution in [0.5, 0.6) is 0 Å². The average Bonchev–Trinajstić information content (AvgIpc) is 2.80. The molecule has 5 aromatic rings. The number of fused-ring (bicyclic) bond motifs is 1. The summed E-state index contributed by atoms with van der Waals surface area (Å²) in [6, 6.07) is 29.6. The summed E-state index contributed by atoms with van der Waals surface area (Å²) in [4.78, 5) is 12.9. The van der Waals surface area contributed by atoms with Crippen molar-refractivity contribution in [3.8, 4) is 22.6 Å². The van der Waals surface area contributed by atoms with E-state index in [1.54, 1.807) is 12.4 Å². The zero-order valence-corrected chi connectivity index (χ0v) is 20.0. The SMILES string of the molecule is Cc1[c-]c(-c2nccc3ccccc23)cc(C)c1.[Os+].c1ccc(-c2ccccn2)nc1. The molecule has 4 heteroatoms. The Morgan fingerprint density at radius 1 is 0.645 bits per heavy atom. The Bertz CT molecular complexity index is 1190. The van der Waals surface area contributed by atoms with E-state index in [-0.39, 0.29) is 19.8 Å². The number of pyridine rings is 3. The maximum absolute atomic E-state index is 4.53. The molecule has 2 aromatic carbocycles. The van der Waals surface area contributed by atoms with Gasteiger partial charge in [-0.2, -0.15) is 0 Å². The van der Waals surface area contributed by atoms with Gasteiger partial charge in [0.2, 0.25) is 0 Å². The fraction of sp³-hybridized carbons (Fsp3) is 0.0741. The van der Waals surface area contributed by atoms with Crippen molar-refractivity contribution >= 4 is 10.8 Å². The molecule has 0 aliphatic carbocycles. The number of hydrogen-bond acceptors (Lipinski definition) is 3. The van der Waals surface area contributed by atoms with Gasteiger partial charge in [0.25, 0.3) is 0 Å². The molecular weight excluding hydrogens is 557 g/mol. The van der Waals surface area contributed by atoms with Gasteiger partial charge in [0.05, 0.1) is 11.4 Å². The van der Waals surface area contributed by atoms with Gasteiger partial charge >= 0.3 is 19.8 Å². The molecule has 0 saturated heterocycles. The Labute approximate surface area is 196 Å². The molecule has 0 aliphatic rings. The Hall–Kier alpha value is -3.21. The standard InChI is InChI=1S/C17H14N.C10H8N2.Os/c1-12-9-13(2)11-15(10-12)17-16-6-4-3-5-14(16)7-8-18-17;1-3-7-11-9(5-1)10-6-2-4-8-12-10;/h3-10H,1-2H3;1-8H;/q-1;;+1. The zero-order valence-electron chi connectivity index (χ0n) is 17.4. The maximum Gasteiger partial charge on any atom is 1.00 e. The van der Waals surface area contributed by atoms with E-state index in [0.29, 0.717) is 0 Å². The summed E-state index contributed by atoms with van der Waals surface area (Å²) >= 11 is 0. The van der Waals surface area contributed by atoms with Gasteiger partial charge < -0.3 is 4.98 Å². The van der Waals surface area contributed by atoms with Crippen molar-refractivity contribution < 1.29 is 19.8 Å². The van der Waals surface area contributed by atoms with Gasteiger partial charge in [-0.1, -0.05) is 50.2 Å². The maximum atomic E-state index is 4.53. The van der Waals surface area contributed by atoms with Crippen molar-refractivity contribution in [2.75, 3.05) is 0 Å². The summed E-state index contributed by atoms with van der Waals surface area (Å²) in [6.45, 7) is 4.18. The quantitative estimate of drug-likeness (QED) is 0.226. The van der Waals surface area contributed by atoms with Crippen LogP contribution < -0.4 is 0 Å². The van der Waals surface area contributed by atoms with E-state index in [1.807, 2.05) is 48.7 Å². The summed E-state index contributed by atoms with van der Waals surface area (Å²) in [7, 11) is 0. The Balaban J connectivity index is 0.000000183. The van der Waals surface area contributed by atoms with Crippen LogP contribution in [0.3, 0.4) is 0 Å². The summed E-state index contributed by atoms with van der Waals surface area (Å²) in [5, 5.41) is 2.40. The number of rotatable bonds is 2. The molecule has 3 nitrogen and oxygen atoms in total. The third kappa shape index (κ3) is 5.69. The van der Waals surface area contributed by atoms with Crippen LogP contribution in [0.25, 0.3) is 33.4 Å². The van der Waals surface area contributed by atoms with E-state index < -0.39 is 0 Å². The predicted molar refractivity (Wildman–Crippen MR) is 123 cm³/mol. The third-order valence-electron chi connectivity index (χ3n) is 4.67. The van der Waals surface area contributed by atoms with Crippen LogP contribution in [0, 0.1) is 19.9 Å². The van der Waals surface area contributed by atoms with Crippen molar-refractivity contribution in [3.63, 3.8) is 0 Å². The monoisotopic (exact) mass is 580 g/mol. The minimum absolute atomic E-state index is 0. The molecule has 0 fully saturated rings. The van der Waals surface area contributed by atoms with Gasteiger partial charge in [0.1, 0.15) is 0 Å². The molecule has 5 rings (SSSR count). The van der Waals surface area contributed by atoms with Gasteiger partial charge in [-0.3, -0.25) is 9.97 Å². The van der Waals surface area contributed by atoms with E-state index in [2.05, 4.69) is 71.3 Å². The summed E-state index contributed by atoms with van der Waals surface area (Å²) in [5.74, 6) is 0. The Morgan fingerprint density at radius 3 is 1.90 bits per heavy atom. The van der Waals surface area contributed by atoms with Gasteiger partial charge in [-0.15, -0.1) is 34.9 Å². The molecule has 0 aliphatic heterocycles. The molecule has 0 N–H and O–H groups in total. The van der Waals surface area contributed by atoms with Crippen LogP contribution in [-0.4, -0.2) is 15.0 Å². The molecule has 0 spiro atoms. The van der Waals surface area contributed by atoms with Gasteiger partial charge in [0, 0.05) is 18.6 Å². The second kappa shape index (κ2) is 10.7. The average molecular weight is 579 g/mol. The van der Waals surface area contributed by atoms with Crippen molar-refractivity contribution in [1.82, 2.24) is 15.0 Å². The summed E-state index contributed by atoms with van der Waals surface area (Å²) < 4.78 is 0. The van der Waals surface area contributed by atoms with E-state index in [9.17, 15) is 0 Å². The van der Waals surface area contributed by atoms with Gasteiger partial charge in [0.15, 0.2) is 0 Å². The topological polar surface area (TPSA) is 38.7 Å². The number of benzene rings is 2.